The molecule has 158 valence electrons. The van der Waals surface area contributed by atoms with Gasteiger partial charge in [0.2, 0.25) is 0 Å². The number of benzene rings is 2. The van der Waals surface area contributed by atoms with Gasteiger partial charge in [-0.3, -0.25) is 9.69 Å². The largest absolute Gasteiger partial charge is 0.397 e. The molecule has 6 heteroatoms. The van der Waals surface area contributed by atoms with Gasteiger partial charge in [-0.1, -0.05) is 42.5 Å². The monoisotopic (exact) mass is 413 g/mol. The lowest BCUT2D eigenvalue weighted by atomic mass is 10.1. The molecule has 2 aromatic carbocycles. The summed E-state index contributed by atoms with van der Waals surface area (Å²) >= 11 is 0. The maximum absolute atomic E-state index is 12.4. The van der Waals surface area contributed by atoms with Crippen molar-refractivity contribution in [2.75, 3.05) is 48.7 Å². The van der Waals surface area contributed by atoms with Gasteiger partial charge in [-0.2, -0.15) is 0 Å². The van der Waals surface area contributed by atoms with Crippen molar-refractivity contribution in [1.29, 1.82) is 0 Å². The topological polar surface area (TPSA) is 74.5 Å². The molecule has 1 aliphatic rings. The second-order valence-electron chi connectivity index (χ2n) is 7.54. The van der Waals surface area contributed by atoms with Gasteiger partial charge < -0.3 is 16.0 Å². The minimum Gasteiger partial charge on any atom is -0.397 e. The summed E-state index contributed by atoms with van der Waals surface area (Å²) in [5.41, 5.74) is 8.74. The first kappa shape index (κ1) is 20.6. The third-order valence-electron chi connectivity index (χ3n) is 5.40. The van der Waals surface area contributed by atoms with Crippen LogP contribution in [0.15, 0.2) is 79.0 Å². The van der Waals surface area contributed by atoms with E-state index in [9.17, 15) is 4.79 Å². The zero-order valence-corrected chi connectivity index (χ0v) is 17.4. The number of aromatic nitrogens is 1. The molecule has 4 rings (SSSR count). The van der Waals surface area contributed by atoms with Crippen molar-refractivity contribution >= 4 is 29.2 Å². The molecule has 1 saturated heterocycles. The van der Waals surface area contributed by atoms with Crippen molar-refractivity contribution < 1.29 is 4.79 Å². The van der Waals surface area contributed by atoms with Crippen LogP contribution in [0.4, 0.5) is 17.2 Å². The van der Waals surface area contributed by atoms with Gasteiger partial charge in [0.25, 0.3) is 5.91 Å². The van der Waals surface area contributed by atoms with Gasteiger partial charge in [-0.15, -0.1) is 0 Å². The first-order valence-electron chi connectivity index (χ1n) is 10.5. The van der Waals surface area contributed by atoms with Gasteiger partial charge in [0, 0.05) is 44.5 Å². The summed E-state index contributed by atoms with van der Waals surface area (Å²) in [6.07, 6.45) is 6.12. The Morgan fingerprint density at radius 1 is 0.968 bits per heavy atom. The van der Waals surface area contributed by atoms with Crippen molar-refractivity contribution in [3.05, 3.63) is 90.1 Å². The molecule has 0 radical (unpaired) electrons. The summed E-state index contributed by atoms with van der Waals surface area (Å²) in [5, 5.41) is 2.85. The number of nitrogen functional groups attached to an aromatic ring is 1. The van der Waals surface area contributed by atoms with E-state index in [1.165, 1.54) is 0 Å². The summed E-state index contributed by atoms with van der Waals surface area (Å²) in [6.45, 7) is 4.91. The highest BCUT2D eigenvalue weighted by atomic mass is 16.1. The zero-order valence-electron chi connectivity index (χ0n) is 17.4. The van der Waals surface area contributed by atoms with Crippen molar-refractivity contribution in [3.8, 4) is 0 Å². The smallest absolute Gasteiger partial charge is 0.255 e. The molecule has 3 N–H and O–H groups in total. The molecule has 0 spiro atoms. The highest BCUT2D eigenvalue weighted by molar-refractivity contribution is 6.05. The minimum atomic E-state index is -0.167. The van der Waals surface area contributed by atoms with Crippen molar-refractivity contribution in [2.24, 2.45) is 0 Å². The second kappa shape index (κ2) is 9.91. The number of nitrogens with zero attached hydrogens (tertiary/aromatic N) is 3. The maximum Gasteiger partial charge on any atom is 0.255 e. The number of carbonyl (C=O) groups is 1. The van der Waals surface area contributed by atoms with Crippen LogP contribution < -0.4 is 16.0 Å². The third-order valence-corrected chi connectivity index (χ3v) is 5.40. The Labute approximate surface area is 183 Å². The lowest BCUT2D eigenvalue weighted by Gasteiger charge is -2.34. The molecule has 1 amide bonds. The number of carbonyl (C=O) groups excluding carboxylic acids is 1. The maximum atomic E-state index is 12.4. The number of pyridine rings is 1. The average molecular weight is 414 g/mol. The Balaban J connectivity index is 1.25. The van der Waals surface area contributed by atoms with Gasteiger partial charge in [0.15, 0.2) is 0 Å². The van der Waals surface area contributed by atoms with Crippen LogP contribution in [0.2, 0.25) is 0 Å². The Kier molecular flexibility index (Phi) is 6.59. The predicted molar refractivity (Wildman–Crippen MR) is 127 cm³/mol. The summed E-state index contributed by atoms with van der Waals surface area (Å²) in [7, 11) is 0. The first-order chi connectivity index (χ1) is 15.2. The Hall–Kier alpha value is -3.64. The average Bonchev–Trinajstić information content (AvgIpc) is 2.82. The van der Waals surface area contributed by atoms with E-state index in [2.05, 4.69) is 38.3 Å². The first-order valence-corrected chi connectivity index (χ1v) is 10.5. The SMILES string of the molecule is Nc1ccccc1NC(=O)c1ccc(/C=C/CN2CCN(c3ccccn3)CC2)cc1. The molecule has 1 aliphatic heterocycles. The van der Waals surface area contributed by atoms with Crippen molar-refractivity contribution in [2.45, 2.75) is 0 Å². The van der Waals surface area contributed by atoms with E-state index in [1.807, 2.05) is 54.7 Å². The molecule has 0 atom stereocenters. The molecule has 31 heavy (non-hydrogen) atoms. The normalized spacial score (nSPS) is 14.6. The van der Waals surface area contributed by atoms with Crippen LogP contribution in [0.25, 0.3) is 6.08 Å². The summed E-state index contributed by atoms with van der Waals surface area (Å²) in [4.78, 5) is 21.6. The summed E-state index contributed by atoms with van der Waals surface area (Å²) < 4.78 is 0. The number of amides is 1. The lowest BCUT2D eigenvalue weighted by molar-refractivity contribution is 0.102. The number of rotatable bonds is 6. The molecular formula is C25H27N5O. The number of nitrogens with two attached hydrogens (primary N) is 1. The quantitative estimate of drug-likeness (QED) is 0.602. The Morgan fingerprint density at radius 2 is 1.71 bits per heavy atom. The van der Waals surface area contributed by atoms with E-state index in [-0.39, 0.29) is 5.91 Å². The van der Waals surface area contributed by atoms with Crippen LogP contribution in [0, 0.1) is 0 Å². The van der Waals surface area contributed by atoms with Crippen LogP contribution in [0.5, 0.6) is 0 Å². The molecule has 2 heterocycles. The number of nitrogens with one attached hydrogen (secondary N) is 1. The molecule has 0 saturated carbocycles. The van der Waals surface area contributed by atoms with Crippen LogP contribution in [0.1, 0.15) is 15.9 Å². The molecule has 1 fully saturated rings. The standard InChI is InChI=1S/C25H27N5O/c26-22-7-1-2-8-23(22)28-25(31)21-12-10-20(11-13-21)6-5-15-29-16-18-30(19-17-29)24-9-3-4-14-27-24/h1-14H,15-19,26H2,(H,28,31)/b6-5+. The number of para-hydroxylation sites is 2. The number of piperazine rings is 1. The van der Waals surface area contributed by atoms with Gasteiger partial charge in [-0.05, 0) is 42.0 Å². The van der Waals surface area contributed by atoms with E-state index in [0.717, 1.165) is 44.1 Å². The van der Waals surface area contributed by atoms with Gasteiger partial charge >= 0.3 is 0 Å². The van der Waals surface area contributed by atoms with Crippen LogP contribution in [-0.2, 0) is 0 Å². The second-order valence-corrected chi connectivity index (χ2v) is 7.54. The highest BCUT2D eigenvalue weighted by Crippen LogP contribution is 2.18. The van der Waals surface area contributed by atoms with Crippen LogP contribution in [0.3, 0.4) is 0 Å². The fourth-order valence-corrected chi connectivity index (χ4v) is 3.59. The van der Waals surface area contributed by atoms with Gasteiger partial charge in [-0.25, -0.2) is 4.98 Å². The number of hydrogen-bond acceptors (Lipinski definition) is 5. The number of hydrogen-bond donors (Lipinski definition) is 2. The van der Waals surface area contributed by atoms with Crippen molar-refractivity contribution in [1.82, 2.24) is 9.88 Å². The van der Waals surface area contributed by atoms with Crippen LogP contribution in [-0.4, -0.2) is 48.5 Å². The third kappa shape index (κ3) is 5.49. The van der Waals surface area contributed by atoms with E-state index < -0.39 is 0 Å². The molecule has 1 aromatic heterocycles. The Bertz CT molecular complexity index is 1030. The van der Waals surface area contributed by atoms with E-state index in [1.54, 1.807) is 12.1 Å². The summed E-state index contributed by atoms with van der Waals surface area (Å²) in [5.74, 6) is 0.885. The van der Waals surface area contributed by atoms with Gasteiger partial charge in [0.1, 0.15) is 5.82 Å². The lowest BCUT2D eigenvalue weighted by Crippen LogP contribution is -2.46. The van der Waals surface area contributed by atoms with Crippen LogP contribution >= 0.6 is 0 Å². The van der Waals surface area contributed by atoms with Crippen molar-refractivity contribution in [3.63, 3.8) is 0 Å². The molecule has 0 unspecified atom stereocenters. The zero-order chi connectivity index (χ0) is 21.5. The minimum absolute atomic E-state index is 0.167. The summed E-state index contributed by atoms with van der Waals surface area (Å²) in [6, 6.07) is 20.9. The highest BCUT2D eigenvalue weighted by Gasteiger charge is 2.16. The fraction of sp³-hybridized carbons (Fsp3) is 0.200. The molecule has 6 nitrogen and oxygen atoms in total. The molecule has 0 bridgehead atoms. The Morgan fingerprint density at radius 3 is 2.42 bits per heavy atom. The van der Waals surface area contributed by atoms with E-state index >= 15 is 0 Å². The fourth-order valence-electron chi connectivity index (χ4n) is 3.59. The molecular weight excluding hydrogens is 386 g/mol. The molecule has 0 aliphatic carbocycles. The predicted octanol–water partition coefficient (Wildman–Crippen LogP) is 3.75. The molecule has 3 aromatic rings. The van der Waals surface area contributed by atoms with E-state index in [0.29, 0.717) is 16.9 Å². The van der Waals surface area contributed by atoms with E-state index in [4.69, 9.17) is 5.73 Å². The number of anilines is 3. The van der Waals surface area contributed by atoms with Gasteiger partial charge in [0.05, 0.1) is 11.4 Å².